The van der Waals surface area contributed by atoms with Gasteiger partial charge in [0.15, 0.2) is 0 Å². The van der Waals surface area contributed by atoms with E-state index in [9.17, 15) is 0 Å². The second-order valence-corrected chi connectivity index (χ2v) is 7.74. The molecule has 1 aromatic rings. The molecule has 1 saturated carbocycles. The largest absolute Gasteiger partial charge is 0.303 e. The maximum absolute atomic E-state index is 4.69. The third-order valence-corrected chi connectivity index (χ3v) is 5.39. The predicted octanol–water partition coefficient (Wildman–Crippen LogP) is 4.43. The smallest absolute Gasteiger partial charge is 0.113 e. The van der Waals surface area contributed by atoms with Gasteiger partial charge in [-0.2, -0.15) is 0 Å². The van der Waals surface area contributed by atoms with E-state index >= 15 is 0 Å². The van der Waals surface area contributed by atoms with Gasteiger partial charge in [0, 0.05) is 17.6 Å². The molecule has 1 fully saturated rings. The fourth-order valence-corrected chi connectivity index (χ4v) is 4.72. The van der Waals surface area contributed by atoms with Crippen molar-refractivity contribution in [2.75, 3.05) is 0 Å². The highest BCUT2D eigenvalue weighted by molar-refractivity contribution is 7.09. The fraction of sp³-hybridized carbons (Fsp3) is 0.812. The molecule has 0 bridgehead atoms. The van der Waals surface area contributed by atoms with Gasteiger partial charge in [-0.15, -0.1) is 11.3 Å². The Balaban J connectivity index is 2.42. The zero-order valence-corrected chi connectivity index (χ0v) is 13.8. The SMILES string of the molecule is CC1CCC(C(C)C)C(NC(C)C)(c2nccs2)C1. The molecular weight excluding hydrogens is 252 g/mol. The second-order valence-electron chi connectivity index (χ2n) is 6.84. The molecule has 1 aromatic heterocycles. The Bertz CT molecular complexity index is 381. The van der Waals surface area contributed by atoms with Crippen molar-refractivity contribution in [3.8, 4) is 0 Å². The van der Waals surface area contributed by atoms with Gasteiger partial charge in [0.25, 0.3) is 0 Å². The van der Waals surface area contributed by atoms with Gasteiger partial charge in [0.2, 0.25) is 0 Å². The number of hydrogen-bond acceptors (Lipinski definition) is 3. The van der Waals surface area contributed by atoms with Crippen LogP contribution in [0.25, 0.3) is 0 Å². The van der Waals surface area contributed by atoms with Crippen LogP contribution in [-0.4, -0.2) is 11.0 Å². The van der Waals surface area contributed by atoms with Crippen molar-refractivity contribution < 1.29 is 0 Å². The van der Waals surface area contributed by atoms with Gasteiger partial charge in [-0.05, 0) is 44.4 Å². The number of aromatic nitrogens is 1. The average molecular weight is 280 g/mol. The summed E-state index contributed by atoms with van der Waals surface area (Å²) in [5.74, 6) is 2.17. The van der Waals surface area contributed by atoms with Crippen molar-refractivity contribution in [2.45, 2.75) is 65.5 Å². The summed E-state index contributed by atoms with van der Waals surface area (Å²) in [6.07, 6.45) is 5.86. The van der Waals surface area contributed by atoms with Crippen LogP contribution in [0, 0.1) is 17.8 Å². The zero-order chi connectivity index (χ0) is 14.0. The Morgan fingerprint density at radius 1 is 1.32 bits per heavy atom. The average Bonchev–Trinajstić information content (AvgIpc) is 2.80. The molecule has 2 nitrogen and oxygen atoms in total. The van der Waals surface area contributed by atoms with E-state index in [0.29, 0.717) is 17.9 Å². The summed E-state index contributed by atoms with van der Waals surface area (Å²) in [6, 6.07) is 0.496. The molecule has 108 valence electrons. The van der Waals surface area contributed by atoms with Gasteiger partial charge < -0.3 is 5.32 Å². The van der Waals surface area contributed by atoms with Crippen molar-refractivity contribution in [3.63, 3.8) is 0 Å². The molecule has 0 amide bonds. The maximum Gasteiger partial charge on any atom is 0.113 e. The molecule has 0 aromatic carbocycles. The van der Waals surface area contributed by atoms with Crippen molar-refractivity contribution in [1.82, 2.24) is 10.3 Å². The maximum atomic E-state index is 4.69. The molecule has 0 saturated heterocycles. The molecule has 1 aliphatic rings. The molecule has 0 radical (unpaired) electrons. The second kappa shape index (κ2) is 5.92. The summed E-state index contributed by atoms with van der Waals surface area (Å²) in [6.45, 7) is 11.6. The van der Waals surface area contributed by atoms with Crippen LogP contribution >= 0.6 is 11.3 Å². The van der Waals surface area contributed by atoms with Gasteiger partial charge in [-0.1, -0.05) is 27.2 Å². The van der Waals surface area contributed by atoms with Gasteiger partial charge in [-0.3, -0.25) is 0 Å². The minimum absolute atomic E-state index is 0.0914. The van der Waals surface area contributed by atoms with Crippen LogP contribution in [0.5, 0.6) is 0 Å². The summed E-state index contributed by atoms with van der Waals surface area (Å²) >= 11 is 1.82. The fourth-order valence-electron chi connectivity index (χ4n) is 3.85. The molecule has 3 heteroatoms. The summed E-state index contributed by atoms with van der Waals surface area (Å²) in [5.41, 5.74) is 0.0914. The van der Waals surface area contributed by atoms with Crippen LogP contribution in [0.1, 0.15) is 58.9 Å². The lowest BCUT2D eigenvalue weighted by Crippen LogP contribution is -2.55. The Kier molecular flexibility index (Phi) is 4.67. The topological polar surface area (TPSA) is 24.9 Å². The van der Waals surface area contributed by atoms with Crippen LogP contribution < -0.4 is 5.32 Å². The number of thiazole rings is 1. The van der Waals surface area contributed by atoms with Gasteiger partial charge >= 0.3 is 0 Å². The van der Waals surface area contributed by atoms with Crippen LogP contribution in [0.15, 0.2) is 11.6 Å². The van der Waals surface area contributed by atoms with E-state index in [2.05, 4.69) is 50.3 Å². The number of nitrogens with zero attached hydrogens (tertiary/aromatic N) is 1. The first-order chi connectivity index (χ1) is 8.95. The van der Waals surface area contributed by atoms with Crippen LogP contribution in [0.3, 0.4) is 0 Å². The van der Waals surface area contributed by atoms with Crippen molar-refractivity contribution in [3.05, 3.63) is 16.6 Å². The molecule has 3 unspecified atom stereocenters. The zero-order valence-electron chi connectivity index (χ0n) is 12.9. The van der Waals surface area contributed by atoms with Crippen LogP contribution in [0.2, 0.25) is 0 Å². The van der Waals surface area contributed by atoms with Crippen LogP contribution in [0.4, 0.5) is 0 Å². The normalized spacial score (nSPS) is 32.2. The third kappa shape index (κ3) is 3.03. The number of rotatable bonds is 4. The molecule has 0 spiro atoms. The highest BCUT2D eigenvalue weighted by atomic mass is 32.1. The molecule has 3 atom stereocenters. The lowest BCUT2D eigenvalue weighted by molar-refractivity contribution is 0.0646. The van der Waals surface area contributed by atoms with E-state index < -0.39 is 0 Å². The number of hydrogen-bond donors (Lipinski definition) is 1. The predicted molar refractivity (Wildman–Crippen MR) is 83.4 cm³/mol. The van der Waals surface area contributed by atoms with Crippen molar-refractivity contribution >= 4 is 11.3 Å². The molecule has 2 rings (SSSR count). The van der Waals surface area contributed by atoms with Crippen molar-refractivity contribution in [2.24, 2.45) is 17.8 Å². The Morgan fingerprint density at radius 2 is 2.05 bits per heavy atom. The van der Waals surface area contributed by atoms with Crippen LogP contribution in [-0.2, 0) is 5.54 Å². The quantitative estimate of drug-likeness (QED) is 0.882. The van der Waals surface area contributed by atoms with E-state index in [-0.39, 0.29) is 5.54 Å². The third-order valence-electron chi connectivity index (χ3n) is 4.44. The first-order valence-corrected chi connectivity index (χ1v) is 8.51. The van der Waals surface area contributed by atoms with E-state index in [4.69, 9.17) is 0 Å². The van der Waals surface area contributed by atoms with E-state index in [1.54, 1.807) is 0 Å². The van der Waals surface area contributed by atoms with Gasteiger partial charge in [0.1, 0.15) is 5.01 Å². The number of nitrogens with one attached hydrogen (secondary N) is 1. The molecular formula is C16H28N2S. The molecule has 1 heterocycles. The van der Waals surface area contributed by atoms with Crippen molar-refractivity contribution in [1.29, 1.82) is 0 Å². The highest BCUT2D eigenvalue weighted by Crippen LogP contribution is 2.48. The lowest BCUT2D eigenvalue weighted by Gasteiger charge is -2.48. The first-order valence-electron chi connectivity index (χ1n) is 7.63. The summed E-state index contributed by atoms with van der Waals surface area (Å²) in [4.78, 5) is 4.69. The van der Waals surface area contributed by atoms with E-state index in [1.807, 2.05) is 17.5 Å². The molecule has 19 heavy (non-hydrogen) atoms. The lowest BCUT2D eigenvalue weighted by atomic mass is 9.65. The monoisotopic (exact) mass is 280 g/mol. The Hall–Kier alpha value is -0.410. The molecule has 1 N–H and O–H groups in total. The highest BCUT2D eigenvalue weighted by Gasteiger charge is 2.47. The summed E-state index contributed by atoms with van der Waals surface area (Å²) < 4.78 is 0. The Morgan fingerprint density at radius 3 is 2.58 bits per heavy atom. The first kappa shape index (κ1) is 15.0. The minimum atomic E-state index is 0.0914. The standard InChI is InChI=1S/C16H28N2S/c1-11(2)14-7-6-13(5)10-16(14,18-12(3)4)15-17-8-9-19-15/h8-9,11-14,18H,6-7,10H2,1-5H3. The van der Waals surface area contributed by atoms with Gasteiger partial charge in [0.05, 0.1) is 5.54 Å². The van der Waals surface area contributed by atoms with Gasteiger partial charge in [-0.25, -0.2) is 4.98 Å². The minimum Gasteiger partial charge on any atom is -0.303 e. The summed E-state index contributed by atoms with van der Waals surface area (Å²) in [5, 5.41) is 7.33. The molecule has 1 aliphatic carbocycles. The Labute approximate surface area is 122 Å². The summed E-state index contributed by atoms with van der Waals surface area (Å²) in [7, 11) is 0. The van der Waals surface area contributed by atoms with E-state index in [0.717, 1.165) is 5.92 Å². The molecule has 0 aliphatic heterocycles. The van der Waals surface area contributed by atoms with E-state index in [1.165, 1.54) is 24.3 Å².